The van der Waals surface area contributed by atoms with E-state index in [0.717, 1.165) is 46.3 Å². The van der Waals surface area contributed by atoms with Crippen LogP contribution in [0.4, 0.5) is 5.69 Å². The van der Waals surface area contributed by atoms with E-state index in [1.807, 2.05) is 47.7 Å². The molecule has 6 rings (SSSR count). The molecule has 0 spiro atoms. The van der Waals surface area contributed by atoms with Gasteiger partial charge >= 0.3 is 0 Å². The largest absolute Gasteiger partial charge is 0.325 e. The molecule has 1 aliphatic rings. The van der Waals surface area contributed by atoms with Crippen LogP contribution in [-0.2, 0) is 17.6 Å². The Labute approximate surface area is 226 Å². The lowest BCUT2D eigenvalue weighted by Crippen LogP contribution is -2.23. The Kier molecular flexibility index (Phi) is 6.30. The molecule has 5 aromatic rings. The van der Waals surface area contributed by atoms with Gasteiger partial charge in [-0.1, -0.05) is 48.0 Å². The van der Waals surface area contributed by atoms with Crippen molar-refractivity contribution in [2.45, 2.75) is 38.3 Å². The second kappa shape index (κ2) is 9.63. The minimum absolute atomic E-state index is 0.0995. The lowest BCUT2D eigenvalue weighted by Gasteiger charge is -2.18. The number of benzene rings is 2. The van der Waals surface area contributed by atoms with Crippen LogP contribution in [0, 0.1) is 12.8 Å². The molecular formula is C27H24ClN5O2S2. The molecule has 0 unspecified atom stereocenters. The summed E-state index contributed by atoms with van der Waals surface area (Å²) in [5.41, 5.74) is 3.59. The summed E-state index contributed by atoms with van der Waals surface area (Å²) in [5, 5.41) is 13.7. The smallest absolute Gasteiger partial charge is 0.268 e. The molecule has 1 aliphatic carbocycles. The number of nitrogens with one attached hydrogen (secondary N) is 1. The van der Waals surface area contributed by atoms with E-state index < -0.39 is 0 Å². The number of fused-ring (bicyclic) bond motifs is 5. The van der Waals surface area contributed by atoms with Crippen LogP contribution >= 0.6 is 34.7 Å². The van der Waals surface area contributed by atoms with E-state index in [0.29, 0.717) is 27.6 Å². The topological polar surface area (TPSA) is 81.3 Å². The number of rotatable bonds is 5. The highest BCUT2D eigenvalue weighted by molar-refractivity contribution is 7.99. The minimum atomic E-state index is -0.132. The zero-order valence-corrected chi connectivity index (χ0v) is 22.7. The average molecular weight is 550 g/mol. The lowest BCUT2D eigenvalue weighted by atomic mass is 9.89. The van der Waals surface area contributed by atoms with E-state index in [9.17, 15) is 9.59 Å². The SMILES string of the molecule is Cc1ccc(NC(=O)CSc2nnc3n(-c4ccc(Cl)cc4)c(=O)c4c5c(sc4n23)CC[C@@H](C)C5)cc1. The lowest BCUT2D eigenvalue weighted by molar-refractivity contribution is -0.113. The van der Waals surface area contributed by atoms with E-state index in [-0.39, 0.29) is 17.2 Å². The Morgan fingerprint density at radius 1 is 1.16 bits per heavy atom. The highest BCUT2D eigenvalue weighted by Gasteiger charge is 2.27. The number of amides is 1. The number of aromatic nitrogens is 4. The first-order chi connectivity index (χ1) is 17.9. The highest BCUT2D eigenvalue weighted by atomic mass is 35.5. The molecule has 1 amide bonds. The van der Waals surface area contributed by atoms with Gasteiger partial charge in [-0.05, 0) is 74.1 Å². The fourth-order valence-electron chi connectivity index (χ4n) is 4.79. The Morgan fingerprint density at radius 3 is 2.68 bits per heavy atom. The van der Waals surface area contributed by atoms with Gasteiger partial charge in [0, 0.05) is 15.6 Å². The molecule has 7 nitrogen and oxygen atoms in total. The molecule has 0 aliphatic heterocycles. The van der Waals surface area contributed by atoms with Gasteiger partial charge in [0.2, 0.25) is 11.7 Å². The number of carbonyl (C=O) groups is 1. The molecule has 0 radical (unpaired) electrons. The molecule has 0 bridgehead atoms. The predicted molar refractivity (Wildman–Crippen MR) is 151 cm³/mol. The molecular weight excluding hydrogens is 526 g/mol. The van der Waals surface area contributed by atoms with Crippen molar-refractivity contribution in [2.75, 3.05) is 11.1 Å². The fourth-order valence-corrected chi connectivity index (χ4v) is 7.04. The number of thioether (sulfide) groups is 1. The molecule has 1 atom stereocenters. The van der Waals surface area contributed by atoms with E-state index in [1.165, 1.54) is 16.6 Å². The summed E-state index contributed by atoms with van der Waals surface area (Å²) in [6.45, 7) is 4.24. The quantitative estimate of drug-likeness (QED) is 0.275. The fraction of sp³-hybridized carbons (Fsp3) is 0.259. The van der Waals surface area contributed by atoms with Gasteiger partial charge in [-0.2, -0.15) is 0 Å². The Balaban J connectivity index is 1.45. The minimum Gasteiger partial charge on any atom is -0.325 e. The van der Waals surface area contributed by atoms with Crippen molar-refractivity contribution in [2.24, 2.45) is 5.92 Å². The summed E-state index contributed by atoms with van der Waals surface area (Å²) in [6.07, 6.45) is 2.94. The number of thiophene rings is 1. The van der Waals surface area contributed by atoms with Crippen molar-refractivity contribution < 1.29 is 4.79 Å². The van der Waals surface area contributed by atoms with Gasteiger partial charge in [-0.15, -0.1) is 21.5 Å². The Morgan fingerprint density at radius 2 is 1.92 bits per heavy atom. The van der Waals surface area contributed by atoms with E-state index in [2.05, 4.69) is 22.4 Å². The number of hydrogen-bond acceptors (Lipinski definition) is 6. The van der Waals surface area contributed by atoms with Crippen molar-refractivity contribution >= 4 is 62.3 Å². The molecule has 37 heavy (non-hydrogen) atoms. The van der Waals surface area contributed by atoms with E-state index in [4.69, 9.17) is 11.6 Å². The van der Waals surface area contributed by atoms with Crippen LogP contribution in [0.3, 0.4) is 0 Å². The van der Waals surface area contributed by atoms with Crippen molar-refractivity contribution in [3.8, 4) is 5.69 Å². The molecule has 0 fully saturated rings. The van der Waals surface area contributed by atoms with Crippen molar-refractivity contribution in [3.63, 3.8) is 0 Å². The first-order valence-electron chi connectivity index (χ1n) is 12.1. The summed E-state index contributed by atoms with van der Waals surface area (Å²) in [5.74, 6) is 0.975. The van der Waals surface area contributed by atoms with Gasteiger partial charge in [-0.3, -0.25) is 9.59 Å². The number of aryl methyl sites for hydroxylation is 2. The van der Waals surface area contributed by atoms with Crippen LogP contribution in [0.1, 0.15) is 29.3 Å². The summed E-state index contributed by atoms with van der Waals surface area (Å²) in [7, 11) is 0. The molecule has 0 saturated carbocycles. The summed E-state index contributed by atoms with van der Waals surface area (Å²) in [6, 6.07) is 14.8. The third kappa shape index (κ3) is 4.45. The predicted octanol–water partition coefficient (Wildman–Crippen LogP) is 5.91. The van der Waals surface area contributed by atoms with E-state index >= 15 is 0 Å². The molecule has 0 saturated heterocycles. The Bertz CT molecular complexity index is 1700. The number of halogens is 1. The van der Waals surface area contributed by atoms with Crippen LogP contribution in [0.15, 0.2) is 58.5 Å². The second-order valence-corrected chi connectivity index (χ2v) is 11.9. The summed E-state index contributed by atoms with van der Waals surface area (Å²) >= 11 is 9.08. The summed E-state index contributed by atoms with van der Waals surface area (Å²) in [4.78, 5) is 28.8. The van der Waals surface area contributed by atoms with Crippen LogP contribution < -0.4 is 10.9 Å². The monoisotopic (exact) mass is 549 g/mol. The van der Waals surface area contributed by atoms with Crippen molar-refractivity contribution in [3.05, 3.63) is 79.9 Å². The maximum atomic E-state index is 14.0. The van der Waals surface area contributed by atoms with Gasteiger partial charge in [0.05, 0.1) is 16.8 Å². The second-order valence-electron chi connectivity index (χ2n) is 9.47. The van der Waals surface area contributed by atoms with Crippen LogP contribution in [0.25, 0.3) is 21.7 Å². The zero-order chi connectivity index (χ0) is 25.7. The number of nitrogens with zero attached hydrogens (tertiary/aromatic N) is 4. The van der Waals surface area contributed by atoms with Gasteiger partial charge < -0.3 is 5.32 Å². The first-order valence-corrected chi connectivity index (χ1v) is 14.3. The maximum absolute atomic E-state index is 14.0. The van der Waals surface area contributed by atoms with Gasteiger partial charge in [0.15, 0.2) is 5.16 Å². The molecule has 1 N–H and O–H groups in total. The first kappa shape index (κ1) is 24.2. The number of carbonyl (C=O) groups excluding carboxylic acids is 1. The zero-order valence-electron chi connectivity index (χ0n) is 20.3. The van der Waals surface area contributed by atoms with Crippen molar-refractivity contribution in [1.82, 2.24) is 19.2 Å². The highest BCUT2D eigenvalue weighted by Crippen LogP contribution is 2.38. The maximum Gasteiger partial charge on any atom is 0.268 e. The number of anilines is 1. The number of hydrogen-bond donors (Lipinski definition) is 1. The van der Waals surface area contributed by atoms with Crippen LogP contribution in [-0.4, -0.2) is 30.8 Å². The van der Waals surface area contributed by atoms with Gasteiger partial charge in [-0.25, -0.2) is 8.97 Å². The van der Waals surface area contributed by atoms with Gasteiger partial charge in [0.25, 0.3) is 5.56 Å². The molecule has 10 heteroatoms. The van der Waals surface area contributed by atoms with Crippen LogP contribution in [0.5, 0.6) is 0 Å². The normalized spacial score (nSPS) is 15.3. The standard InChI is InChI=1S/C27H24ClN5O2S2/c1-15-3-8-18(9-4-15)29-22(34)14-36-27-31-30-26-32(19-10-6-17(28)7-11-19)24(35)23-20-13-16(2)5-12-21(20)37-25(23)33(26)27/h3-4,6-11,16H,5,12-14H2,1-2H3,(H,29,34)/t16-/m1/s1. The van der Waals surface area contributed by atoms with Gasteiger partial charge in [0.1, 0.15) is 4.83 Å². The van der Waals surface area contributed by atoms with Crippen LogP contribution in [0.2, 0.25) is 5.02 Å². The Hall–Kier alpha value is -3.14. The van der Waals surface area contributed by atoms with Crippen molar-refractivity contribution in [1.29, 1.82) is 0 Å². The average Bonchev–Trinajstić information content (AvgIpc) is 3.47. The third-order valence-corrected chi connectivity index (χ3v) is 9.14. The molecule has 3 heterocycles. The summed E-state index contributed by atoms with van der Waals surface area (Å²) < 4.78 is 3.54. The molecule has 2 aromatic carbocycles. The molecule has 188 valence electrons. The third-order valence-electron chi connectivity index (χ3n) is 6.68. The molecule has 3 aromatic heterocycles. The van der Waals surface area contributed by atoms with E-state index in [1.54, 1.807) is 28.0 Å².